The number of hydrogen-bond acceptors (Lipinski definition) is 6. The van der Waals surface area contributed by atoms with E-state index >= 15 is 0 Å². The number of carbonyl (C=O) groups excluding carboxylic acids is 3. The molecular formula is C77H134O6. The van der Waals surface area contributed by atoms with Crippen LogP contribution in [0.15, 0.2) is 97.2 Å². The lowest BCUT2D eigenvalue weighted by Crippen LogP contribution is -2.30. The van der Waals surface area contributed by atoms with Gasteiger partial charge in [-0.25, -0.2) is 0 Å². The molecule has 0 aromatic rings. The van der Waals surface area contributed by atoms with Crippen LogP contribution in [0.4, 0.5) is 0 Å². The van der Waals surface area contributed by atoms with Gasteiger partial charge in [0.2, 0.25) is 0 Å². The van der Waals surface area contributed by atoms with Crippen molar-refractivity contribution in [3.05, 3.63) is 97.2 Å². The standard InChI is InChI=1S/C77H134O6/c1-4-7-10-13-16-19-22-25-28-31-33-34-35-36-37-38-39-40-41-42-44-46-49-52-55-58-61-64-67-70-76(79)82-73-74(72-81-75(78)69-66-63-60-57-54-51-48-45-30-27-24-21-18-15-12-9-6-3)83-77(80)71-68-65-62-59-56-53-50-47-43-32-29-26-23-20-17-14-11-8-5-2/h8,11,17,20,22,25-27,29-31,33,43,47,53,56,74H,4-7,9-10,12-16,18-19,21,23-24,28,32,34-42,44-46,48-52,54-55,57-73H2,1-3H3/b11-8-,20-17-,25-22-,29-26-,30-27-,33-31-,47-43-,56-53-. The Morgan fingerprint density at radius 2 is 0.470 bits per heavy atom. The lowest BCUT2D eigenvalue weighted by Gasteiger charge is -2.18. The van der Waals surface area contributed by atoms with E-state index in [1.54, 1.807) is 0 Å². The molecule has 0 spiro atoms. The Labute approximate surface area is 515 Å². The molecule has 0 aromatic carbocycles. The van der Waals surface area contributed by atoms with E-state index in [9.17, 15) is 14.4 Å². The summed E-state index contributed by atoms with van der Waals surface area (Å²) in [5.74, 6) is -0.911. The first kappa shape index (κ1) is 79.3. The molecule has 0 aliphatic carbocycles. The maximum absolute atomic E-state index is 12.9. The Bertz CT molecular complexity index is 1610. The molecule has 0 rings (SSSR count). The quantitative estimate of drug-likeness (QED) is 0.0261. The van der Waals surface area contributed by atoms with Gasteiger partial charge in [-0.1, -0.05) is 311 Å². The van der Waals surface area contributed by atoms with E-state index < -0.39 is 6.10 Å². The van der Waals surface area contributed by atoms with E-state index in [0.717, 1.165) is 103 Å². The second-order valence-corrected chi connectivity index (χ2v) is 23.8. The van der Waals surface area contributed by atoms with Crippen molar-refractivity contribution in [2.45, 2.75) is 361 Å². The van der Waals surface area contributed by atoms with Crippen LogP contribution in [0, 0.1) is 0 Å². The van der Waals surface area contributed by atoms with Crippen LogP contribution in [0.25, 0.3) is 0 Å². The summed E-state index contributed by atoms with van der Waals surface area (Å²) in [6, 6.07) is 0. The maximum Gasteiger partial charge on any atom is 0.306 e. The van der Waals surface area contributed by atoms with E-state index in [-0.39, 0.29) is 37.5 Å². The second kappa shape index (κ2) is 70.8. The maximum atomic E-state index is 12.9. The summed E-state index contributed by atoms with van der Waals surface area (Å²) in [6.45, 7) is 6.52. The van der Waals surface area contributed by atoms with Crippen LogP contribution in [0.5, 0.6) is 0 Å². The van der Waals surface area contributed by atoms with E-state index in [4.69, 9.17) is 14.2 Å². The highest BCUT2D eigenvalue weighted by molar-refractivity contribution is 5.71. The predicted molar refractivity (Wildman–Crippen MR) is 362 cm³/mol. The monoisotopic (exact) mass is 1160 g/mol. The van der Waals surface area contributed by atoms with Crippen molar-refractivity contribution in [1.29, 1.82) is 0 Å². The third kappa shape index (κ3) is 69.0. The molecule has 6 nitrogen and oxygen atoms in total. The van der Waals surface area contributed by atoms with E-state index in [2.05, 4.69) is 118 Å². The van der Waals surface area contributed by atoms with Gasteiger partial charge in [-0.05, 0) is 122 Å². The topological polar surface area (TPSA) is 78.9 Å². The molecule has 1 unspecified atom stereocenters. The smallest absolute Gasteiger partial charge is 0.306 e. The minimum Gasteiger partial charge on any atom is -0.462 e. The summed E-state index contributed by atoms with van der Waals surface area (Å²) in [5, 5.41) is 0. The fourth-order valence-corrected chi connectivity index (χ4v) is 10.2. The fourth-order valence-electron chi connectivity index (χ4n) is 10.2. The molecule has 0 radical (unpaired) electrons. The lowest BCUT2D eigenvalue weighted by molar-refractivity contribution is -0.167. The molecule has 6 heteroatoms. The molecule has 0 saturated carbocycles. The van der Waals surface area contributed by atoms with E-state index in [1.807, 2.05) is 0 Å². The molecule has 0 fully saturated rings. The molecule has 0 aliphatic rings. The molecular weight excluding hydrogens is 1020 g/mol. The van der Waals surface area contributed by atoms with Crippen LogP contribution in [0.3, 0.4) is 0 Å². The van der Waals surface area contributed by atoms with Crippen molar-refractivity contribution < 1.29 is 28.6 Å². The van der Waals surface area contributed by atoms with Gasteiger partial charge in [-0.3, -0.25) is 14.4 Å². The predicted octanol–water partition coefficient (Wildman–Crippen LogP) is 24.8. The van der Waals surface area contributed by atoms with Gasteiger partial charge < -0.3 is 14.2 Å². The highest BCUT2D eigenvalue weighted by atomic mass is 16.6. The zero-order chi connectivity index (χ0) is 59.9. The molecule has 0 bridgehead atoms. The molecule has 1 atom stereocenters. The van der Waals surface area contributed by atoms with Crippen molar-refractivity contribution in [1.82, 2.24) is 0 Å². The molecule has 0 heterocycles. The third-order valence-corrected chi connectivity index (χ3v) is 15.5. The Balaban J connectivity index is 4.32. The first-order chi connectivity index (χ1) is 41.0. The Hall–Kier alpha value is -3.67. The van der Waals surface area contributed by atoms with E-state index in [0.29, 0.717) is 12.8 Å². The fraction of sp³-hybridized carbons (Fsp3) is 0.753. The largest absolute Gasteiger partial charge is 0.462 e. The number of unbranched alkanes of at least 4 members (excludes halogenated alkanes) is 38. The Morgan fingerprint density at radius 1 is 0.253 bits per heavy atom. The molecule has 0 aliphatic heterocycles. The van der Waals surface area contributed by atoms with Crippen LogP contribution < -0.4 is 0 Å². The summed E-state index contributed by atoms with van der Waals surface area (Å²) in [5.41, 5.74) is 0. The first-order valence-electron chi connectivity index (χ1n) is 35.7. The zero-order valence-corrected chi connectivity index (χ0v) is 54.9. The van der Waals surface area contributed by atoms with Gasteiger partial charge in [0.1, 0.15) is 13.2 Å². The normalized spacial score (nSPS) is 12.7. The van der Waals surface area contributed by atoms with Crippen molar-refractivity contribution in [3.8, 4) is 0 Å². The molecule has 0 aromatic heterocycles. The summed E-state index contributed by atoms with van der Waals surface area (Å²) in [7, 11) is 0. The summed E-state index contributed by atoms with van der Waals surface area (Å²) < 4.78 is 17.0. The van der Waals surface area contributed by atoms with Gasteiger partial charge in [0, 0.05) is 19.3 Å². The summed E-state index contributed by atoms with van der Waals surface area (Å²) in [6.07, 6.45) is 95.8. The lowest BCUT2D eigenvalue weighted by atomic mass is 10.0. The molecule has 83 heavy (non-hydrogen) atoms. The van der Waals surface area contributed by atoms with Crippen LogP contribution >= 0.6 is 0 Å². The molecule has 0 N–H and O–H groups in total. The highest BCUT2D eigenvalue weighted by Crippen LogP contribution is 2.17. The van der Waals surface area contributed by atoms with Gasteiger partial charge in [0.25, 0.3) is 0 Å². The summed E-state index contributed by atoms with van der Waals surface area (Å²) >= 11 is 0. The number of allylic oxidation sites excluding steroid dienone is 16. The second-order valence-electron chi connectivity index (χ2n) is 23.8. The van der Waals surface area contributed by atoms with Crippen molar-refractivity contribution in [3.63, 3.8) is 0 Å². The average molecular weight is 1160 g/mol. The average Bonchev–Trinajstić information content (AvgIpc) is 3.49. The number of hydrogen-bond donors (Lipinski definition) is 0. The van der Waals surface area contributed by atoms with Gasteiger partial charge in [-0.15, -0.1) is 0 Å². The minimum absolute atomic E-state index is 0.0901. The van der Waals surface area contributed by atoms with Crippen molar-refractivity contribution in [2.24, 2.45) is 0 Å². The van der Waals surface area contributed by atoms with Gasteiger partial charge >= 0.3 is 17.9 Å². The van der Waals surface area contributed by atoms with Crippen molar-refractivity contribution in [2.75, 3.05) is 13.2 Å². The Morgan fingerprint density at radius 3 is 0.759 bits per heavy atom. The SMILES string of the molecule is CC/C=C\C/C=C\C/C=C\C/C=C\C/C=C\CCCCCC(=O)OC(COC(=O)CCCCCCCCC/C=C\CCCCCCCC)COC(=O)CCCCCCCCCCCCCCCCCCC/C=C\C/C=C\CCCCCCC. The first-order valence-corrected chi connectivity index (χ1v) is 35.7. The zero-order valence-electron chi connectivity index (χ0n) is 54.9. The van der Waals surface area contributed by atoms with Gasteiger partial charge in [0.15, 0.2) is 6.10 Å². The molecule has 478 valence electrons. The number of rotatable bonds is 65. The minimum atomic E-state index is -0.799. The van der Waals surface area contributed by atoms with E-state index in [1.165, 1.54) is 212 Å². The van der Waals surface area contributed by atoms with Gasteiger partial charge in [-0.2, -0.15) is 0 Å². The Kier molecular flexibility index (Phi) is 67.7. The summed E-state index contributed by atoms with van der Waals surface area (Å²) in [4.78, 5) is 38.5. The molecule has 0 saturated heterocycles. The number of esters is 3. The van der Waals surface area contributed by atoms with Gasteiger partial charge in [0.05, 0.1) is 0 Å². The van der Waals surface area contributed by atoms with Crippen LogP contribution in [-0.2, 0) is 28.6 Å². The number of carbonyl (C=O) groups is 3. The highest BCUT2D eigenvalue weighted by Gasteiger charge is 2.19. The van der Waals surface area contributed by atoms with Crippen molar-refractivity contribution >= 4 is 17.9 Å². The van der Waals surface area contributed by atoms with Crippen LogP contribution in [0.2, 0.25) is 0 Å². The van der Waals surface area contributed by atoms with Crippen LogP contribution in [-0.4, -0.2) is 37.2 Å². The molecule has 0 amide bonds. The number of ether oxygens (including phenoxy) is 3. The third-order valence-electron chi connectivity index (χ3n) is 15.5. The van der Waals surface area contributed by atoms with Crippen LogP contribution in [0.1, 0.15) is 355 Å².